The van der Waals surface area contributed by atoms with Crippen LogP contribution in [0.3, 0.4) is 0 Å². The lowest BCUT2D eigenvalue weighted by Crippen LogP contribution is -2.36. The molecule has 0 saturated carbocycles. The van der Waals surface area contributed by atoms with Crippen LogP contribution in [0.4, 0.5) is 11.4 Å². The van der Waals surface area contributed by atoms with Gasteiger partial charge >= 0.3 is 0 Å². The molecule has 0 radical (unpaired) electrons. The summed E-state index contributed by atoms with van der Waals surface area (Å²) in [5.74, 6) is 0. The molecule has 2 aliphatic rings. The summed E-state index contributed by atoms with van der Waals surface area (Å²) in [5, 5.41) is 7.65. The quantitative estimate of drug-likeness (QED) is 0.125. The Hall–Kier alpha value is -5.48. The van der Waals surface area contributed by atoms with E-state index in [0.717, 1.165) is 36.3 Å². The third kappa shape index (κ3) is 5.47. The van der Waals surface area contributed by atoms with Crippen molar-refractivity contribution in [2.75, 3.05) is 5.32 Å². The predicted molar refractivity (Wildman–Crippen MR) is 236 cm³/mol. The second-order valence-corrected chi connectivity index (χ2v) is 17.4. The summed E-state index contributed by atoms with van der Waals surface area (Å²) < 4.78 is 9.62. The summed E-state index contributed by atoms with van der Waals surface area (Å²) in [6.45, 7) is 11.9. The molecule has 1 N–H and O–H groups in total. The first-order valence-corrected chi connectivity index (χ1v) is 20.4. The van der Waals surface area contributed by atoms with Gasteiger partial charge in [-0.05, 0) is 118 Å². The average Bonchev–Trinajstić information content (AvgIpc) is 3.74. The Balaban J connectivity index is 1.23. The molecule has 272 valence electrons. The number of rotatable bonds is 8. The van der Waals surface area contributed by atoms with Crippen molar-refractivity contribution in [1.29, 1.82) is 0 Å². The minimum Gasteiger partial charge on any atom is -0.469 e. The number of hydrogen-bond donors (Lipinski definition) is 1. The molecule has 0 spiro atoms. The molecule has 0 atom stereocenters. The number of nitrogens with zero attached hydrogens (tertiary/aromatic N) is 1. The highest BCUT2D eigenvalue weighted by Gasteiger charge is 2.39. The Labute approximate surface area is 325 Å². The molecule has 55 heavy (non-hydrogen) atoms. The largest absolute Gasteiger partial charge is 0.469 e. The van der Waals surface area contributed by atoms with Crippen molar-refractivity contribution in [3.05, 3.63) is 138 Å². The van der Waals surface area contributed by atoms with Crippen molar-refractivity contribution in [2.24, 2.45) is 0 Å². The fourth-order valence-corrected chi connectivity index (χ4v) is 9.76. The van der Waals surface area contributed by atoms with E-state index in [4.69, 9.17) is 4.42 Å². The number of aryl methyl sites for hydroxylation is 1. The number of aromatic nitrogens is 1. The first kappa shape index (κ1) is 34.0. The maximum absolute atomic E-state index is 7.07. The normalized spacial score (nSPS) is 15.2. The number of furan rings is 1. The van der Waals surface area contributed by atoms with Gasteiger partial charge in [0.15, 0.2) is 0 Å². The Morgan fingerprint density at radius 2 is 1.40 bits per heavy atom. The van der Waals surface area contributed by atoms with E-state index < -0.39 is 0 Å². The molecule has 2 aromatic heterocycles. The van der Waals surface area contributed by atoms with Crippen molar-refractivity contribution >= 4 is 62.6 Å². The van der Waals surface area contributed by atoms with Crippen molar-refractivity contribution in [3.8, 4) is 27.9 Å². The number of anilines is 2. The monoisotopic (exact) mass is 716 g/mol. The SMILES string of the molecule is CCCCCc1ccc(Nc2ccccc2-c2cc(-c3ccccc3)c3c4ccccc4n4c3c2Bc2oc3cc5c(cc3c2-4)C(C)(C)CCC5(C)C)cc1. The molecule has 3 nitrogen and oxygen atoms in total. The molecule has 1 aliphatic heterocycles. The third-order valence-electron chi connectivity index (χ3n) is 12.9. The molecule has 0 unspecified atom stereocenters. The molecule has 3 heterocycles. The summed E-state index contributed by atoms with van der Waals surface area (Å²) in [6, 6.07) is 45.2. The smallest absolute Gasteiger partial charge is 0.244 e. The van der Waals surface area contributed by atoms with Gasteiger partial charge in [0, 0.05) is 33.1 Å². The van der Waals surface area contributed by atoms with Gasteiger partial charge in [0.1, 0.15) is 5.58 Å². The molecule has 0 amide bonds. The van der Waals surface area contributed by atoms with E-state index in [2.05, 4.69) is 166 Å². The molecule has 6 aromatic carbocycles. The highest BCUT2D eigenvalue weighted by atomic mass is 16.3. The molecule has 4 heteroatoms. The lowest BCUT2D eigenvalue weighted by molar-refractivity contribution is 0.332. The lowest BCUT2D eigenvalue weighted by atomic mass is 9.61. The lowest BCUT2D eigenvalue weighted by Gasteiger charge is -2.41. The van der Waals surface area contributed by atoms with E-state index in [1.54, 1.807) is 0 Å². The minimum atomic E-state index is 0.101. The maximum Gasteiger partial charge on any atom is 0.244 e. The predicted octanol–water partition coefficient (Wildman–Crippen LogP) is 12.4. The molecule has 8 aromatic rings. The zero-order valence-electron chi connectivity index (χ0n) is 32.9. The van der Waals surface area contributed by atoms with Gasteiger partial charge in [-0.25, -0.2) is 0 Å². The molecule has 10 rings (SSSR count). The fraction of sp³-hybridized carbons (Fsp3) is 0.255. The molecular weight excluding hydrogens is 667 g/mol. The summed E-state index contributed by atoms with van der Waals surface area (Å²) in [5.41, 5.74) is 18.7. The molecular formula is C51H49BN2O. The van der Waals surface area contributed by atoms with Crippen molar-refractivity contribution < 1.29 is 4.42 Å². The summed E-state index contributed by atoms with van der Waals surface area (Å²) in [7, 11) is 0.722. The molecule has 1 aliphatic carbocycles. The minimum absolute atomic E-state index is 0.101. The topological polar surface area (TPSA) is 30.1 Å². The first-order valence-electron chi connectivity index (χ1n) is 20.4. The summed E-state index contributed by atoms with van der Waals surface area (Å²) in [6.07, 6.45) is 7.24. The van der Waals surface area contributed by atoms with Crippen LogP contribution in [-0.2, 0) is 17.3 Å². The van der Waals surface area contributed by atoms with Crippen LogP contribution >= 0.6 is 0 Å². The van der Waals surface area contributed by atoms with E-state index >= 15 is 0 Å². The highest BCUT2D eigenvalue weighted by molar-refractivity contribution is 6.73. The number of para-hydroxylation sites is 2. The average molecular weight is 717 g/mol. The van der Waals surface area contributed by atoms with Crippen molar-refractivity contribution in [2.45, 2.75) is 84.0 Å². The van der Waals surface area contributed by atoms with Crippen LogP contribution in [0.5, 0.6) is 0 Å². The number of benzene rings is 6. The Morgan fingerprint density at radius 3 is 2.18 bits per heavy atom. The zero-order valence-corrected chi connectivity index (χ0v) is 32.9. The van der Waals surface area contributed by atoms with Gasteiger partial charge in [-0.3, -0.25) is 0 Å². The Morgan fingerprint density at radius 1 is 0.691 bits per heavy atom. The van der Waals surface area contributed by atoms with Crippen LogP contribution in [0, 0.1) is 0 Å². The van der Waals surface area contributed by atoms with Gasteiger partial charge in [-0.2, -0.15) is 0 Å². The third-order valence-corrected chi connectivity index (χ3v) is 12.9. The second-order valence-electron chi connectivity index (χ2n) is 17.4. The van der Waals surface area contributed by atoms with Gasteiger partial charge in [-0.15, -0.1) is 0 Å². The van der Waals surface area contributed by atoms with Gasteiger partial charge in [0.25, 0.3) is 0 Å². The van der Waals surface area contributed by atoms with Gasteiger partial charge in [0.2, 0.25) is 7.28 Å². The van der Waals surface area contributed by atoms with E-state index in [9.17, 15) is 0 Å². The Bertz CT molecular complexity index is 2770. The van der Waals surface area contributed by atoms with E-state index in [-0.39, 0.29) is 10.8 Å². The summed E-state index contributed by atoms with van der Waals surface area (Å²) in [4.78, 5) is 0. The fourth-order valence-electron chi connectivity index (χ4n) is 9.76. The van der Waals surface area contributed by atoms with E-state index in [0.29, 0.717) is 0 Å². The summed E-state index contributed by atoms with van der Waals surface area (Å²) >= 11 is 0. The maximum atomic E-state index is 7.07. The number of unbranched alkanes of at least 4 members (excludes halogenated alkanes) is 2. The molecule has 0 bridgehead atoms. The number of nitrogens with one attached hydrogen (secondary N) is 1. The van der Waals surface area contributed by atoms with Crippen LogP contribution < -0.4 is 16.4 Å². The zero-order chi connectivity index (χ0) is 37.5. The van der Waals surface area contributed by atoms with Crippen LogP contribution in [0.2, 0.25) is 0 Å². The van der Waals surface area contributed by atoms with Gasteiger partial charge < -0.3 is 14.3 Å². The van der Waals surface area contributed by atoms with Crippen LogP contribution in [-0.4, -0.2) is 11.8 Å². The highest BCUT2D eigenvalue weighted by Crippen LogP contribution is 2.49. The van der Waals surface area contributed by atoms with E-state index in [1.807, 2.05) is 0 Å². The number of hydrogen-bond acceptors (Lipinski definition) is 2. The van der Waals surface area contributed by atoms with Crippen molar-refractivity contribution in [3.63, 3.8) is 0 Å². The van der Waals surface area contributed by atoms with Crippen LogP contribution in [0.25, 0.3) is 60.7 Å². The van der Waals surface area contributed by atoms with Gasteiger partial charge in [-0.1, -0.05) is 126 Å². The number of fused-ring (bicyclic) bond motifs is 8. The van der Waals surface area contributed by atoms with Crippen molar-refractivity contribution in [1.82, 2.24) is 4.57 Å². The molecule has 0 fully saturated rings. The second kappa shape index (κ2) is 12.8. The van der Waals surface area contributed by atoms with Crippen LogP contribution in [0.15, 0.2) is 126 Å². The molecule has 0 saturated heterocycles. The van der Waals surface area contributed by atoms with Gasteiger partial charge in [0.05, 0.1) is 22.4 Å². The van der Waals surface area contributed by atoms with E-state index in [1.165, 1.54) is 109 Å². The first-order chi connectivity index (χ1) is 26.7. The standard InChI is InChI=1S/C51H49BN2O/c1-6-7-9-16-32-23-25-34(26-24-32)53-42-21-14-12-19-35(42)38-29-37(33-17-10-8-11-18-33)45-36-20-13-15-22-43(36)54-47-39-30-40-41(51(4,5)28-27-50(40,2)3)31-44(39)55-49(47)52-46(38)48(45)54/h8,10-15,17-26,29-31,52-53H,6-7,9,16,27-28H2,1-5H3. The van der Waals surface area contributed by atoms with Crippen LogP contribution in [0.1, 0.15) is 83.4 Å². The Kier molecular flexibility index (Phi) is 7.93.